The van der Waals surface area contributed by atoms with Gasteiger partial charge in [0.1, 0.15) is 5.52 Å². The van der Waals surface area contributed by atoms with Crippen molar-refractivity contribution >= 4 is 10.9 Å². The molecule has 0 saturated carbocycles. The van der Waals surface area contributed by atoms with Crippen molar-refractivity contribution in [2.24, 2.45) is 0 Å². The van der Waals surface area contributed by atoms with Crippen LogP contribution in [0.15, 0.2) is 41.7 Å². The van der Waals surface area contributed by atoms with E-state index in [0.29, 0.717) is 17.4 Å². The number of allylic oxidation sites excluding steroid dienone is 1. The van der Waals surface area contributed by atoms with Crippen molar-refractivity contribution in [2.75, 3.05) is 0 Å². The van der Waals surface area contributed by atoms with Gasteiger partial charge in [-0.3, -0.25) is 4.79 Å². The van der Waals surface area contributed by atoms with Gasteiger partial charge in [-0.25, -0.2) is 4.68 Å². The molecule has 0 aliphatic heterocycles. The molecule has 0 spiro atoms. The Hall–Kier alpha value is -1.97. The first-order chi connectivity index (χ1) is 6.83. The minimum Gasteiger partial charge on any atom is -0.267 e. The summed E-state index contributed by atoms with van der Waals surface area (Å²) in [5, 5.41) is 8.29. The van der Waals surface area contributed by atoms with Crippen molar-refractivity contribution < 1.29 is 0 Å². The molecule has 14 heavy (non-hydrogen) atoms. The van der Waals surface area contributed by atoms with Gasteiger partial charge in [-0.05, 0) is 12.1 Å². The Balaban J connectivity index is 2.75. The summed E-state index contributed by atoms with van der Waals surface area (Å²) in [6.45, 7) is 3.94. The smallest absolute Gasteiger partial charge is 0.267 e. The topological polar surface area (TPSA) is 47.8 Å². The molecule has 0 amide bonds. The van der Waals surface area contributed by atoms with Crippen LogP contribution in [0.4, 0.5) is 0 Å². The molecule has 0 aliphatic carbocycles. The molecule has 2 rings (SSSR count). The lowest BCUT2D eigenvalue weighted by Crippen LogP contribution is -2.23. The molecule has 4 nitrogen and oxygen atoms in total. The summed E-state index contributed by atoms with van der Waals surface area (Å²) in [4.78, 5) is 11.7. The summed E-state index contributed by atoms with van der Waals surface area (Å²) in [7, 11) is 0. The van der Waals surface area contributed by atoms with Gasteiger partial charge in [-0.2, -0.15) is 0 Å². The predicted octanol–water partition coefficient (Wildman–Crippen LogP) is 0.977. The van der Waals surface area contributed by atoms with Crippen LogP contribution in [0.3, 0.4) is 0 Å². The molecule has 0 atom stereocenters. The maximum atomic E-state index is 11.7. The van der Waals surface area contributed by atoms with E-state index in [-0.39, 0.29) is 5.56 Å². The van der Waals surface area contributed by atoms with Crippen LogP contribution in [0, 0.1) is 0 Å². The van der Waals surface area contributed by atoms with Crippen LogP contribution in [-0.2, 0) is 6.54 Å². The van der Waals surface area contributed by atoms with Crippen molar-refractivity contribution in [1.29, 1.82) is 0 Å². The Morgan fingerprint density at radius 1 is 1.43 bits per heavy atom. The molecule has 0 saturated heterocycles. The highest BCUT2D eigenvalue weighted by Crippen LogP contribution is 2.02. The summed E-state index contributed by atoms with van der Waals surface area (Å²) in [6, 6.07) is 7.14. The van der Waals surface area contributed by atoms with Gasteiger partial charge in [0.15, 0.2) is 0 Å². The molecule has 0 radical (unpaired) electrons. The van der Waals surface area contributed by atoms with E-state index in [2.05, 4.69) is 16.9 Å². The highest BCUT2D eigenvalue weighted by molar-refractivity contribution is 5.76. The molecule has 0 unspecified atom stereocenters. The second-order valence-electron chi connectivity index (χ2n) is 2.88. The zero-order chi connectivity index (χ0) is 9.97. The first-order valence-corrected chi connectivity index (χ1v) is 4.26. The lowest BCUT2D eigenvalue weighted by Gasteiger charge is -2.00. The minimum absolute atomic E-state index is 0.129. The quantitative estimate of drug-likeness (QED) is 0.658. The van der Waals surface area contributed by atoms with Gasteiger partial charge >= 0.3 is 0 Å². The maximum Gasteiger partial charge on any atom is 0.277 e. The van der Waals surface area contributed by atoms with Gasteiger partial charge in [0.2, 0.25) is 0 Å². The first kappa shape index (κ1) is 8.62. The summed E-state index contributed by atoms with van der Waals surface area (Å²) >= 11 is 0. The van der Waals surface area contributed by atoms with E-state index in [0.717, 1.165) is 0 Å². The van der Waals surface area contributed by atoms with Gasteiger partial charge in [0.05, 0.1) is 11.9 Å². The fraction of sp³-hybridized carbons (Fsp3) is 0.100. The van der Waals surface area contributed by atoms with Crippen LogP contribution in [0.1, 0.15) is 0 Å². The fourth-order valence-corrected chi connectivity index (χ4v) is 1.27. The van der Waals surface area contributed by atoms with Crippen molar-refractivity contribution in [1.82, 2.24) is 15.0 Å². The van der Waals surface area contributed by atoms with Crippen molar-refractivity contribution in [3.63, 3.8) is 0 Å². The van der Waals surface area contributed by atoms with E-state index in [9.17, 15) is 4.79 Å². The molecule has 4 heteroatoms. The van der Waals surface area contributed by atoms with Gasteiger partial charge in [-0.1, -0.05) is 23.4 Å². The van der Waals surface area contributed by atoms with E-state index in [1.54, 1.807) is 18.2 Å². The van der Waals surface area contributed by atoms with Crippen LogP contribution in [0.5, 0.6) is 0 Å². The number of nitrogens with zero attached hydrogens (tertiary/aromatic N) is 3. The second kappa shape index (κ2) is 3.41. The van der Waals surface area contributed by atoms with E-state index >= 15 is 0 Å². The summed E-state index contributed by atoms with van der Waals surface area (Å²) < 4.78 is 1.29. The Labute approximate surface area is 80.5 Å². The lowest BCUT2D eigenvalue weighted by molar-refractivity contribution is 0.611. The minimum atomic E-state index is -0.129. The zero-order valence-electron chi connectivity index (χ0n) is 7.55. The average molecular weight is 187 g/mol. The Kier molecular flexibility index (Phi) is 2.10. The molecule has 70 valence electrons. The molecule has 0 bridgehead atoms. The van der Waals surface area contributed by atoms with Crippen molar-refractivity contribution in [2.45, 2.75) is 6.54 Å². The first-order valence-electron chi connectivity index (χ1n) is 4.26. The van der Waals surface area contributed by atoms with Crippen LogP contribution in [0.2, 0.25) is 0 Å². The molecule has 1 heterocycles. The van der Waals surface area contributed by atoms with Crippen LogP contribution in [-0.4, -0.2) is 15.0 Å². The molecule has 0 fully saturated rings. The molecule has 0 N–H and O–H groups in total. The summed E-state index contributed by atoms with van der Waals surface area (Å²) in [5.74, 6) is 0. The van der Waals surface area contributed by atoms with E-state index in [1.165, 1.54) is 4.68 Å². The summed E-state index contributed by atoms with van der Waals surface area (Å²) in [5.41, 5.74) is 0.494. The van der Waals surface area contributed by atoms with Gasteiger partial charge < -0.3 is 0 Å². The highest BCUT2D eigenvalue weighted by Gasteiger charge is 2.02. The third-order valence-electron chi connectivity index (χ3n) is 1.93. The molecule has 2 aromatic rings. The molecule has 0 aliphatic rings. The number of hydrogen-bond acceptors (Lipinski definition) is 3. The zero-order valence-corrected chi connectivity index (χ0v) is 7.55. The molecular formula is C10H9N3O. The fourth-order valence-electron chi connectivity index (χ4n) is 1.27. The number of rotatable bonds is 2. The third kappa shape index (κ3) is 1.31. The number of benzene rings is 1. The SMILES string of the molecule is C=CCn1nnc2ccccc2c1=O. The van der Waals surface area contributed by atoms with Crippen LogP contribution < -0.4 is 5.56 Å². The number of fused-ring (bicyclic) bond motifs is 1. The lowest BCUT2D eigenvalue weighted by atomic mass is 10.2. The van der Waals surface area contributed by atoms with E-state index < -0.39 is 0 Å². The molecule has 1 aromatic heterocycles. The normalized spacial score (nSPS) is 10.3. The van der Waals surface area contributed by atoms with Gasteiger partial charge in [0, 0.05) is 0 Å². The Morgan fingerprint density at radius 3 is 3.00 bits per heavy atom. The number of hydrogen-bond donors (Lipinski definition) is 0. The predicted molar refractivity (Wildman–Crippen MR) is 54.0 cm³/mol. The average Bonchev–Trinajstić information content (AvgIpc) is 2.23. The Morgan fingerprint density at radius 2 is 2.21 bits per heavy atom. The number of aromatic nitrogens is 3. The van der Waals surface area contributed by atoms with Gasteiger partial charge in [0.25, 0.3) is 5.56 Å². The Bertz CT molecular complexity index is 530. The van der Waals surface area contributed by atoms with Crippen LogP contribution >= 0.6 is 0 Å². The van der Waals surface area contributed by atoms with Crippen molar-refractivity contribution in [3.05, 3.63) is 47.3 Å². The second-order valence-corrected chi connectivity index (χ2v) is 2.88. The van der Waals surface area contributed by atoms with Crippen molar-refractivity contribution in [3.8, 4) is 0 Å². The monoisotopic (exact) mass is 187 g/mol. The van der Waals surface area contributed by atoms with Gasteiger partial charge in [-0.15, -0.1) is 11.7 Å². The summed E-state index contributed by atoms with van der Waals surface area (Å²) in [6.07, 6.45) is 1.62. The molecule has 1 aromatic carbocycles. The van der Waals surface area contributed by atoms with E-state index in [1.807, 2.05) is 12.1 Å². The van der Waals surface area contributed by atoms with Crippen LogP contribution in [0.25, 0.3) is 10.9 Å². The maximum absolute atomic E-state index is 11.7. The largest absolute Gasteiger partial charge is 0.277 e. The molecular weight excluding hydrogens is 178 g/mol. The highest BCUT2D eigenvalue weighted by atomic mass is 16.1. The standard InChI is InChI=1S/C10H9N3O/c1-2-7-13-10(14)8-5-3-4-6-9(8)11-12-13/h2-6H,1,7H2. The third-order valence-corrected chi connectivity index (χ3v) is 1.93. The van der Waals surface area contributed by atoms with E-state index in [4.69, 9.17) is 0 Å².